The Kier molecular flexibility index (Phi) is 8.67. The molecule has 3 aromatic heterocycles. The van der Waals surface area contributed by atoms with Crippen LogP contribution in [0.5, 0.6) is 11.9 Å². The summed E-state index contributed by atoms with van der Waals surface area (Å²) >= 11 is 0. The second-order valence-corrected chi connectivity index (χ2v) is 10.4. The van der Waals surface area contributed by atoms with Crippen molar-refractivity contribution in [1.29, 1.82) is 0 Å². The highest BCUT2D eigenvalue weighted by molar-refractivity contribution is 5.92. The highest BCUT2D eigenvalue weighted by Crippen LogP contribution is 2.29. The van der Waals surface area contributed by atoms with E-state index in [1.165, 1.54) is 36.5 Å². The first-order chi connectivity index (χ1) is 22.5. The number of aromatic nitrogens is 5. The van der Waals surface area contributed by atoms with Gasteiger partial charge < -0.3 is 29.6 Å². The lowest BCUT2D eigenvalue weighted by Gasteiger charge is -2.27. The van der Waals surface area contributed by atoms with Crippen molar-refractivity contribution >= 4 is 22.9 Å². The molecule has 0 bridgehead atoms. The second kappa shape index (κ2) is 13.0. The number of pyridine rings is 1. The van der Waals surface area contributed by atoms with Gasteiger partial charge in [0, 0.05) is 24.8 Å². The Balaban J connectivity index is 1.24. The van der Waals surface area contributed by atoms with Crippen molar-refractivity contribution in [3.05, 3.63) is 94.6 Å². The summed E-state index contributed by atoms with van der Waals surface area (Å²) in [5, 5.41) is 9.46. The molecule has 12 nitrogen and oxygen atoms in total. The number of halogens is 4. The molecule has 1 aliphatic heterocycles. The molecule has 3 N–H and O–H groups in total. The van der Waals surface area contributed by atoms with Gasteiger partial charge in [0.2, 0.25) is 5.88 Å². The predicted octanol–water partition coefficient (Wildman–Crippen LogP) is 4.52. The predicted molar refractivity (Wildman–Crippen MR) is 155 cm³/mol. The number of nitrogens with zero attached hydrogens (tertiary/aromatic N) is 5. The first kappa shape index (κ1) is 31.3. The van der Waals surface area contributed by atoms with Crippen LogP contribution in [0.4, 0.5) is 17.6 Å². The number of carboxylic acid groups (broad SMARTS) is 1. The minimum Gasteiger partial charge on any atom is -0.478 e. The van der Waals surface area contributed by atoms with Crippen molar-refractivity contribution in [3.63, 3.8) is 0 Å². The number of hydrogen-bond acceptors (Lipinski definition) is 9. The molecule has 0 spiro atoms. The van der Waals surface area contributed by atoms with E-state index in [9.17, 15) is 23.5 Å². The average molecular weight is 653 g/mol. The van der Waals surface area contributed by atoms with E-state index in [1.54, 1.807) is 10.6 Å². The molecule has 4 heterocycles. The summed E-state index contributed by atoms with van der Waals surface area (Å²) in [6.07, 6.45) is 1.82. The van der Waals surface area contributed by atoms with E-state index < -0.39 is 42.6 Å². The van der Waals surface area contributed by atoms with Crippen molar-refractivity contribution < 1.29 is 46.5 Å². The molecule has 16 heteroatoms. The molecule has 0 aliphatic carbocycles. The highest BCUT2D eigenvalue weighted by atomic mass is 19.3. The number of aromatic carboxylic acids is 1. The highest BCUT2D eigenvalue weighted by Gasteiger charge is 2.24. The smallest absolute Gasteiger partial charge is 0.388 e. The van der Waals surface area contributed by atoms with Crippen molar-refractivity contribution in [2.24, 2.45) is 5.73 Å². The van der Waals surface area contributed by atoms with Crippen LogP contribution < -0.4 is 15.2 Å². The number of nitrogens with two attached hydrogens (primary N) is 1. The monoisotopic (exact) mass is 652 g/mol. The fourth-order valence-electron chi connectivity index (χ4n) is 4.97. The SMILES string of the molecule is NC(=O)c1ccc(COc2nccc(-c3cc(F)c(Cc4nc5ccc(C(=O)O)cc5n4CC4CCO4)cc3F)n2)c(OC(F)F)n1. The molecule has 47 heavy (non-hydrogen) atoms. The zero-order chi connectivity index (χ0) is 33.2. The number of carbonyl (C=O) groups excluding carboxylic acids is 1. The van der Waals surface area contributed by atoms with Crippen LogP contribution in [0.2, 0.25) is 0 Å². The Hall–Kier alpha value is -5.64. The third-order valence-electron chi connectivity index (χ3n) is 7.40. The molecule has 1 saturated heterocycles. The number of carboxylic acids is 1. The average Bonchev–Trinajstić information content (AvgIpc) is 3.35. The Morgan fingerprint density at radius 1 is 1.04 bits per heavy atom. The molecular formula is C31H24F4N6O6. The molecule has 2 aromatic carbocycles. The minimum atomic E-state index is -3.24. The van der Waals surface area contributed by atoms with Crippen molar-refractivity contribution in [1.82, 2.24) is 24.5 Å². The van der Waals surface area contributed by atoms with E-state index in [0.717, 1.165) is 18.6 Å². The van der Waals surface area contributed by atoms with Crippen molar-refractivity contribution in [2.75, 3.05) is 6.61 Å². The van der Waals surface area contributed by atoms with Crippen LogP contribution in [-0.4, -0.2) is 60.8 Å². The van der Waals surface area contributed by atoms with Gasteiger partial charge in [-0.15, -0.1) is 0 Å². The third kappa shape index (κ3) is 6.81. The Morgan fingerprint density at radius 3 is 2.55 bits per heavy atom. The van der Waals surface area contributed by atoms with Gasteiger partial charge in [-0.25, -0.2) is 28.5 Å². The Morgan fingerprint density at radius 2 is 1.85 bits per heavy atom. The molecule has 0 saturated carbocycles. The zero-order valence-electron chi connectivity index (χ0n) is 24.2. The first-order valence-corrected chi connectivity index (χ1v) is 14.1. The number of amides is 1. The van der Waals surface area contributed by atoms with Crippen LogP contribution in [0.3, 0.4) is 0 Å². The summed E-state index contributed by atoms with van der Waals surface area (Å²) in [6.45, 7) is -2.71. The molecule has 1 unspecified atom stereocenters. The van der Waals surface area contributed by atoms with Crippen molar-refractivity contribution in [2.45, 2.75) is 38.7 Å². The molecule has 1 atom stereocenters. The molecule has 0 radical (unpaired) electrons. The number of primary amides is 1. The normalized spacial score (nSPS) is 14.3. The molecule has 6 rings (SSSR count). The molecule has 242 valence electrons. The lowest BCUT2D eigenvalue weighted by molar-refractivity contribution is -0.0590. The number of fused-ring (bicyclic) bond motifs is 1. The summed E-state index contributed by atoms with van der Waals surface area (Å²) < 4.78 is 74.0. The van der Waals surface area contributed by atoms with Gasteiger partial charge in [-0.2, -0.15) is 13.8 Å². The van der Waals surface area contributed by atoms with Crippen LogP contribution >= 0.6 is 0 Å². The molecular weight excluding hydrogens is 628 g/mol. The third-order valence-corrected chi connectivity index (χ3v) is 7.40. The maximum Gasteiger partial charge on any atom is 0.388 e. The Labute approximate surface area is 262 Å². The van der Waals surface area contributed by atoms with Gasteiger partial charge in [0.1, 0.15) is 29.8 Å². The number of hydrogen-bond donors (Lipinski definition) is 2. The maximum atomic E-state index is 15.5. The lowest BCUT2D eigenvalue weighted by atomic mass is 10.0. The van der Waals surface area contributed by atoms with Crippen LogP contribution in [0.1, 0.15) is 44.2 Å². The van der Waals surface area contributed by atoms with Crippen LogP contribution in [0, 0.1) is 11.6 Å². The minimum absolute atomic E-state index is 0.000196. The van der Waals surface area contributed by atoms with Crippen LogP contribution in [0.15, 0.2) is 54.7 Å². The van der Waals surface area contributed by atoms with Gasteiger partial charge in [0.15, 0.2) is 0 Å². The number of alkyl halides is 2. The van der Waals surface area contributed by atoms with E-state index in [-0.39, 0.29) is 52.2 Å². The summed E-state index contributed by atoms with van der Waals surface area (Å²) in [4.78, 5) is 39.3. The largest absolute Gasteiger partial charge is 0.478 e. The number of benzene rings is 2. The topological polar surface area (TPSA) is 165 Å². The second-order valence-electron chi connectivity index (χ2n) is 10.4. The molecule has 1 fully saturated rings. The zero-order valence-corrected chi connectivity index (χ0v) is 24.2. The van der Waals surface area contributed by atoms with Gasteiger partial charge in [-0.05, 0) is 60.5 Å². The number of ether oxygens (including phenoxy) is 3. The Bertz CT molecular complexity index is 2000. The maximum absolute atomic E-state index is 15.5. The fraction of sp³-hybridized carbons (Fsp3) is 0.226. The van der Waals surface area contributed by atoms with E-state index in [2.05, 4.69) is 24.7 Å². The molecule has 5 aromatic rings. The van der Waals surface area contributed by atoms with E-state index in [4.69, 9.17) is 15.2 Å². The van der Waals surface area contributed by atoms with E-state index >= 15 is 8.78 Å². The summed E-state index contributed by atoms with van der Waals surface area (Å²) in [5.74, 6) is -3.80. The molecule has 1 amide bonds. The number of carbonyl (C=O) groups is 2. The summed E-state index contributed by atoms with van der Waals surface area (Å²) in [7, 11) is 0. The summed E-state index contributed by atoms with van der Waals surface area (Å²) in [5.41, 5.74) is 5.74. The van der Waals surface area contributed by atoms with Crippen LogP contribution in [0.25, 0.3) is 22.3 Å². The van der Waals surface area contributed by atoms with Crippen LogP contribution in [-0.2, 0) is 24.3 Å². The standard InChI is InChI=1S/C31H24F4N6O6/c32-20-12-19(22-5-7-37-31(40-22)46-14-16-2-4-24(27(36)42)39-28(16)47-30(34)35)21(33)9-17(20)11-26-38-23-3-1-15(29(43)44)10-25(23)41(26)13-18-6-8-45-18/h1-5,7,9-10,12,18,30H,6,8,11,13-14H2,(H2,36,42)(H,43,44). The fourth-order valence-corrected chi connectivity index (χ4v) is 4.97. The molecule has 1 aliphatic rings. The van der Waals surface area contributed by atoms with Gasteiger partial charge in [0.05, 0.1) is 40.5 Å². The lowest BCUT2D eigenvalue weighted by Crippen LogP contribution is -2.31. The van der Waals surface area contributed by atoms with Gasteiger partial charge in [-0.3, -0.25) is 4.79 Å². The van der Waals surface area contributed by atoms with E-state index in [0.29, 0.717) is 30.0 Å². The van der Waals surface area contributed by atoms with Gasteiger partial charge in [0.25, 0.3) is 5.91 Å². The summed E-state index contributed by atoms with van der Waals surface area (Å²) in [6, 6.07) is 9.96. The van der Waals surface area contributed by atoms with Gasteiger partial charge in [-0.1, -0.05) is 0 Å². The number of rotatable bonds is 12. The number of imidazole rings is 1. The van der Waals surface area contributed by atoms with Gasteiger partial charge >= 0.3 is 18.6 Å². The quantitative estimate of drug-likeness (QED) is 0.183. The first-order valence-electron chi connectivity index (χ1n) is 14.1. The van der Waals surface area contributed by atoms with Crippen molar-refractivity contribution in [3.8, 4) is 23.1 Å². The van der Waals surface area contributed by atoms with E-state index in [1.807, 2.05) is 0 Å².